The lowest BCUT2D eigenvalue weighted by atomic mass is 9.77. The molecule has 1 aliphatic carbocycles. The Morgan fingerprint density at radius 2 is 1.84 bits per heavy atom. The third-order valence-corrected chi connectivity index (χ3v) is 6.41. The molecule has 0 saturated heterocycles. The highest BCUT2D eigenvalue weighted by molar-refractivity contribution is 6.09. The van der Waals surface area contributed by atoms with Crippen LogP contribution in [0, 0.1) is 12.8 Å². The normalized spacial score (nSPS) is 22.2. The number of benzene rings is 1. The SMILES string of the molecule is Cc1nc(N)c2c(n1)OC(C)(C)C(c1ccc([C@H]3CC[C@H](CCC(=O)O)CC3)cc1)=N2. The molecule has 0 atom stereocenters. The summed E-state index contributed by atoms with van der Waals surface area (Å²) >= 11 is 0. The van der Waals surface area contributed by atoms with Crippen molar-refractivity contribution in [3.05, 3.63) is 41.2 Å². The summed E-state index contributed by atoms with van der Waals surface area (Å²) in [5, 5.41) is 8.89. The van der Waals surface area contributed by atoms with Crippen molar-refractivity contribution < 1.29 is 14.6 Å². The first kappa shape index (κ1) is 21.3. The number of nitrogens with zero attached hydrogens (tertiary/aromatic N) is 3. The van der Waals surface area contributed by atoms with Crippen LogP contribution in [-0.4, -0.2) is 32.4 Å². The van der Waals surface area contributed by atoms with Gasteiger partial charge in [-0.15, -0.1) is 0 Å². The molecule has 7 nitrogen and oxygen atoms in total. The molecule has 4 rings (SSSR count). The fourth-order valence-corrected chi connectivity index (χ4v) is 4.71. The zero-order valence-electron chi connectivity index (χ0n) is 18.4. The lowest BCUT2D eigenvalue weighted by Crippen LogP contribution is -2.41. The lowest BCUT2D eigenvalue weighted by Gasteiger charge is -2.32. The van der Waals surface area contributed by atoms with Crippen molar-refractivity contribution >= 4 is 23.2 Å². The number of carboxylic acids is 1. The molecule has 0 bridgehead atoms. The zero-order chi connectivity index (χ0) is 22.2. The van der Waals surface area contributed by atoms with Crippen molar-refractivity contribution in [3.63, 3.8) is 0 Å². The summed E-state index contributed by atoms with van der Waals surface area (Å²) < 4.78 is 6.14. The first-order chi connectivity index (χ1) is 14.7. The van der Waals surface area contributed by atoms with Crippen molar-refractivity contribution in [1.82, 2.24) is 9.97 Å². The fraction of sp³-hybridized carbons (Fsp3) is 0.500. The molecule has 0 unspecified atom stereocenters. The molecule has 2 aromatic rings. The summed E-state index contributed by atoms with van der Waals surface area (Å²) in [7, 11) is 0. The number of carbonyl (C=O) groups is 1. The molecule has 2 aliphatic rings. The van der Waals surface area contributed by atoms with E-state index in [0.717, 1.165) is 43.4 Å². The van der Waals surface area contributed by atoms with Crippen LogP contribution >= 0.6 is 0 Å². The van der Waals surface area contributed by atoms with Crippen LogP contribution in [0.15, 0.2) is 29.3 Å². The summed E-state index contributed by atoms with van der Waals surface area (Å²) in [6.45, 7) is 5.74. The highest BCUT2D eigenvalue weighted by atomic mass is 16.5. The van der Waals surface area contributed by atoms with Crippen molar-refractivity contribution in [2.45, 2.75) is 70.8 Å². The number of ether oxygens (including phenoxy) is 1. The van der Waals surface area contributed by atoms with E-state index in [9.17, 15) is 4.79 Å². The number of hydrogen-bond acceptors (Lipinski definition) is 6. The average molecular weight is 423 g/mol. The Morgan fingerprint density at radius 3 is 2.48 bits per heavy atom. The summed E-state index contributed by atoms with van der Waals surface area (Å²) in [5.41, 5.74) is 9.06. The van der Waals surface area contributed by atoms with Gasteiger partial charge in [0.25, 0.3) is 0 Å². The number of nitrogens with two attached hydrogens (primary N) is 1. The van der Waals surface area contributed by atoms with Crippen LogP contribution in [0.4, 0.5) is 11.5 Å². The summed E-state index contributed by atoms with van der Waals surface area (Å²) in [5.74, 6) is 1.69. The molecule has 0 amide bonds. The highest BCUT2D eigenvalue weighted by Gasteiger charge is 2.35. The number of aliphatic imine (C=N–C) groups is 1. The van der Waals surface area contributed by atoms with E-state index in [-0.39, 0.29) is 6.42 Å². The van der Waals surface area contributed by atoms with Gasteiger partial charge in [0.15, 0.2) is 11.5 Å². The predicted octanol–water partition coefficient (Wildman–Crippen LogP) is 4.80. The van der Waals surface area contributed by atoms with Crippen molar-refractivity contribution in [3.8, 4) is 5.88 Å². The molecule has 1 aromatic carbocycles. The molecule has 1 aliphatic heterocycles. The molecule has 7 heteroatoms. The minimum atomic E-state index is -0.693. The van der Waals surface area contributed by atoms with E-state index in [1.807, 2.05) is 13.8 Å². The van der Waals surface area contributed by atoms with E-state index >= 15 is 0 Å². The lowest BCUT2D eigenvalue weighted by molar-refractivity contribution is -0.137. The van der Waals surface area contributed by atoms with Gasteiger partial charge in [-0.1, -0.05) is 24.3 Å². The third-order valence-electron chi connectivity index (χ3n) is 6.41. The van der Waals surface area contributed by atoms with E-state index in [2.05, 4.69) is 34.2 Å². The summed E-state index contributed by atoms with van der Waals surface area (Å²) in [6.07, 6.45) is 5.50. The van der Waals surface area contributed by atoms with Crippen LogP contribution in [0.25, 0.3) is 0 Å². The van der Waals surface area contributed by atoms with E-state index in [1.165, 1.54) is 5.56 Å². The molecule has 31 heavy (non-hydrogen) atoms. The molecule has 3 N–H and O–H groups in total. The molecule has 164 valence electrons. The largest absolute Gasteiger partial charge is 0.481 e. The smallest absolute Gasteiger partial charge is 0.303 e. The number of anilines is 1. The van der Waals surface area contributed by atoms with Gasteiger partial charge in [-0.2, -0.15) is 4.98 Å². The Morgan fingerprint density at radius 1 is 1.16 bits per heavy atom. The Balaban J connectivity index is 1.50. The van der Waals surface area contributed by atoms with Gasteiger partial charge < -0.3 is 15.6 Å². The fourth-order valence-electron chi connectivity index (χ4n) is 4.71. The van der Waals surface area contributed by atoms with Gasteiger partial charge in [0.1, 0.15) is 11.4 Å². The van der Waals surface area contributed by atoms with E-state index in [1.54, 1.807) is 6.92 Å². The minimum Gasteiger partial charge on any atom is -0.481 e. The topological polar surface area (TPSA) is 111 Å². The zero-order valence-corrected chi connectivity index (χ0v) is 18.4. The Labute approximate surface area is 182 Å². The second kappa shape index (κ2) is 8.29. The van der Waals surface area contributed by atoms with Gasteiger partial charge in [0.2, 0.25) is 5.88 Å². The Bertz CT molecular complexity index is 1010. The number of hydrogen-bond donors (Lipinski definition) is 2. The average Bonchev–Trinajstić information content (AvgIpc) is 2.71. The van der Waals surface area contributed by atoms with Crippen LogP contribution in [-0.2, 0) is 4.79 Å². The number of rotatable bonds is 5. The molecule has 0 radical (unpaired) electrons. The number of aliphatic carboxylic acids is 1. The number of aryl methyl sites for hydroxylation is 1. The van der Waals surface area contributed by atoms with Gasteiger partial charge in [-0.3, -0.25) is 4.79 Å². The predicted molar refractivity (Wildman–Crippen MR) is 120 cm³/mol. The summed E-state index contributed by atoms with van der Waals surface area (Å²) in [4.78, 5) is 24.2. The number of nitrogen functional groups attached to an aromatic ring is 1. The van der Waals surface area contributed by atoms with Crippen LogP contribution in [0.2, 0.25) is 0 Å². The maximum absolute atomic E-state index is 10.8. The monoisotopic (exact) mass is 422 g/mol. The maximum Gasteiger partial charge on any atom is 0.303 e. The Hall–Kier alpha value is -2.96. The second-order valence-electron chi connectivity index (χ2n) is 9.15. The maximum atomic E-state index is 10.8. The van der Waals surface area contributed by atoms with Crippen LogP contribution in [0.1, 0.15) is 75.2 Å². The number of carboxylic acid groups (broad SMARTS) is 1. The minimum absolute atomic E-state index is 0.280. The molecule has 1 fully saturated rings. The van der Waals surface area contributed by atoms with Gasteiger partial charge in [-0.25, -0.2) is 9.98 Å². The van der Waals surface area contributed by atoms with Crippen LogP contribution in [0.3, 0.4) is 0 Å². The number of fused-ring (bicyclic) bond motifs is 1. The first-order valence-electron chi connectivity index (χ1n) is 11.0. The van der Waals surface area contributed by atoms with Gasteiger partial charge in [0.05, 0.1) is 5.71 Å². The standard InChI is InChI=1S/C24H30N4O3/c1-14-26-22(25)20-23(27-14)31-24(2,3)21(28-20)18-11-9-17(10-12-18)16-7-4-15(5-8-16)6-13-19(29)30/h9-12,15-16H,4-8,13H2,1-3H3,(H,29,30)(H2,25,26,27)/t15-,16-. The second-order valence-corrected chi connectivity index (χ2v) is 9.15. The van der Waals surface area contributed by atoms with Crippen molar-refractivity contribution in [2.75, 3.05) is 5.73 Å². The van der Waals surface area contributed by atoms with Crippen LogP contribution < -0.4 is 10.5 Å². The molecular formula is C24H30N4O3. The first-order valence-corrected chi connectivity index (χ1v) is 11.0. The van der Waals surface area contributed by atoms with E-state index < -0.39 is 11.6 Å². The molecule has 2 heterocycles. The number of aromatic nitrogens is 2. The van der Waals surface area contributed by atoms with E-state index in [4.69, 9.17) is 20.6 Å². The van der Waals surface area contributed by atoms with Crippen LogP contribution in [0.5, 0.6) is 5.88 Å². The van der Waals surface area contributed by atoms with Gasteiger partial charge in [0, 0.05) is 12.0 Å². The van der Waals surface area contributed by atoms with Gasteiger partial charge >= 0.3 is 5.97 Å². The van der Waals surface area contributed by atoms with Gasteiger partial charge in [-0.05, 0) is 70.3 Å². The molecule has 1 saturated carbocycles. The Kier molecular flexibility index (Phi) is 5.69. The quantitative estimate of drug-likeness (QED) is 0.716. The molecular weight excluding hydrogens is 392 g/mol. The molecule has 0 spiro atoms. The third kappa shape index (κ3) is 4.55. The van der Waals surface area contributed by atoms with E-state index in [0.29, 0.717) is 35.0 Å². The summed E-state index contributed by atoms with van der Waals surface area (Å²) in [6, 6.07) is 8.57. The van der Waals surface area contributed by atoms with Crippen molar-refractivity contribution in [2.24, 2.45) is 10.9 Å². The highest BCUT2D eigenvalue weighted by Crippen LogP contribution is 2.40. The molecule has 1 aromatic heterocycles. The van der Waals surface area contributed by atoms with Crippen molar-refractivity contribution in [1.29, 1.82) is 0 Å².